The minimum absolute atomic E-state index is 0.0540. The van der Waals surface area contributed by atoms with Crippen LogP contribution >= 0.6 is 0 Å². The number of carbonyl (C=O) groups excluding carboxylic acids is 3. The average Bonchev–Trinajstić information content (AvgIpc) is 4.12. The van der Waals surface area contributed by atoms with Crippen molar-refractivity contribution in [2.45, 2.75) is 12.5 Å². The van der Waals surface area contributed by atoms with Crippen LogP contribution in [0.3, 0.4) is 0 Å². The molecule has 0 radical (unpaired) electrons. The van der Waals surface area contributed by atoms with Crippen LogP contribution in [0, 0.1) is 11.5 Å². The Balaban J connectivity index is 0.000000190. The Kier molecular flexibility index (Phi) is 17.6. The van der Waals surface area contributed by atoms with Crippen molar-refractivity contribution in [3.05, 3.63) is 108 Å². The van der Waals surface area contributed by atoms with Crippen molar-refractivity contribution in [1.82, 2.24) is 40.5 Å². The molecule has 1 aliphatic rings. The largest absolute Gasteiger partial charge is 0.481 e. The van der Waals surface area contributed by atoms with E-state index in [1.165, 1.54) is 54.0 Å². The van der Waals surface area contributed by atoms with E-state index in [1.54, 1.807) is 78.1 Å². The van der Waals surface area contributed by atoms with Gasteiger partial charge < -0.3 is 48.2 Å². The van der Waals surface area contributed by atoms with Crippen molar-refractivity contribution in [3.63, 3.8) is 0 Å². The monoisotopic (exact) mass is 836 g/mol. The summed E-state index contributed by atoms with van der Waals surface area (Å²) in [6, 6.07) is 16.5. The molecule has 1 amide bonds. The number of aldehydes is 1. The Morgan fingerprint density at radius 1 is 0.770 bits per heavy atom. The van der Waals surface area contributed by atoms with Gasteiger partial charge in [0.1, 0.15) is 17.7 Å². The molecule has 7 heterocycles. The molecule has 316 valence electrons. The summed E-state index contributed by atoms with van der Waals surface area (Å²) in [6.07, 6.45) is 11.2. The minimum Gasteiger partial charge on any atom is -0.481 e. The van der Waals surface area contributed by atoms with E-state index in [4.69, 9.17) is 38.5 Å². The molecular weight excluding hydrogens is 796 g/mol. The van der Waals surface area contributed by atoms with Gasteiger partial charge in [-0.05, 0) is 30.7 Å². The van der Waals surface area contributed by atoms with Crippen LogP contribution in [0.1, 0.15) is 43.5 Å². The number of methoxy groups -OCH3 is 5. The number of nitriles is 1. The maximum atomic E-state index is 12.2. The summed E-state index contributed by atoms with van der Waals surface area (Å²) in [7, 11) is 7.37. The molecule has 0 aliphatic carbocycles. The highest BCUT2D eigenvalue weighted by atomic mass is 16.5. The molecule has 1 fully saturated rings. The average molecular weight is 837 g/mol. The Labute approximate surface area is 348 Å². The van der Waals surface area contributed by atoms with Gasteiger partial charge in [-0.25, -0.2) is 24.7 Å². The topological polar surface area (TPSA) is 273 Å². The third-order valence-electron chi connectivity index (χ3n) is 8.05. The first-order chi connectivity index (χ1) is 29.7. The van der Waals surface area contributed by atoms with Crippen LogP contribution in [0.15, 0.2) is 99.7 Å². The summed E-state index contributed by atoms with van der Waals surface area (Å²) in [6.45, 7) is 1.17. The molecule has 21 heteroatoms. The van der Waals surface area contributed by atoms with E-state index >= 15 is 0 Å². The second-order valence-electron chi connectivity index (χ2n) is 11.9. The van der Waals surface area contributed by atoms with Gasteiger partial charge >= 0.3 is 5.97 Å². The summed E-state index contributed by atoms with van der Waals surface area (Å²) in [5.74, 6) is 1.17. The zero-order valence-corrected chi connectivity index (χ0v) is 33.5. The minimum atomic E-state index is -0.565. The number of nitrogens with one attached hydrogen (secondary N) is 1. The maximum absolute atomic E-state index is 12.2. The number of aromatic nitrogens is 6. The van der Waals surface area contributed by atoms with Gasteiger partial charge in [0, 0.05) is 103 Å². The van der Waals surface area contributed by atoms with Crippen LogP contribution in [-0.4, -0.2) is 119 Å². The lowest BCUT2D eigenvalue weighted by Crippen LogP contribution is -2.36. The van der Waals surface area contributed by atoms with E-state index < -0.39 is 5.97 Å². The van der Waals surface area contributed by atoms with Gasteiger partial charge in [0.25, 0.3) is 5.91 Å². The number of nitrogens with zero attached hydrogens (tertiary/aromatic N) is 9. The highest BCUT2D eigenvalue weighted by Crippen LogP contribution is 2.23. The number of oxime groups is 1. The summed E-state index contributed by atoms with van der Waals surface area (Å²) in [5.41, 5.74) is 3.87. The summed E-state index contributed by atoms with van der Waals surface area (Å²) in [5, 5.41) is 30.4. The Morgan fingerprint density at radius 2 is 1.26 bits per heavy atom. The third-order valence-corrected chi connectivity index (χ3v) is 8.05. The number of rotatable bonds is 11. The van der Waals surface area contributed by atoms with E-state index in [1.807, 2.05) is 0 Å². The number of likely N-dealkylation sites (tertiary alicyclic amines) is 1. The van der Waals surface area contributed by atoms with E-state index in [-0.39, 0.29) is 23.5 Å². The highest BCUT2D eigenvalue weighted by Gasteiger charge is 2.25. The second kappa shape index (κ2) is 23.7. The molecule has 0 saturated carbocycles. The summed E-state index contributed by atoms with van der Waals surface area (Å²) < 4.78 is 34.2. The molecule has 0 spiro atoms. The predicted octanol–water partition coefficient (Wildman–Crippen LogP) is 4.36. The maximum Gasteiger partial charge on any atom is 0.376 e. The van der Waals surface area contributed by atoms with Crippen LogP contribution in [0.2, 0.25) is 0 Å². The Hall–Kier alpha value is -8.41. The second-order valence-corrected chi connectivity index (χ2v) is 11.9. The summed E-state index contributed by atoms with van der Waals surface area (Å²) >= 11 is 0. The van der Waals surface area contributed by atoms with Crippen LogP contribution in [0.25, 0.3) is 22.5 Å². The molecule has 1 atom stereocenters. The first-order valence-corrected chi connectivity index (χ1v) is 17.8. The number of esters is 1. The van der Waals surface area contributed by atoms with Crippen LogP contribution < -0.4 is 24.3 Å². The van der Waals surface area contributed by atoms with Crippen LogP contribution in [-0.2, 0) is 4.74 Å². The number of amides is 1. The van der Waals surface area contributed by atoms with Crippen molar-refractivity contribution in [1.29, 1.82) is 5.26 Å². The fourth-order valence-electron chi connectivity index (χ4n) is 5.01. The zero-order chi connectivity index (χ0) is 44.0. The van der Waals surface area contributed by atoms with Crippen molar-refractivity contribution >= 4 is 24.4 Å². The first kappa shape index (κ1) is 45.3. The molecular formula is C40H40N10O11. The summed E-state index contributed by atoms with van der Waals surface area (Å²) in [4.78, 5) is 50.9. The van der Waals surface area contributed by atoms with Gasteiger partial charge in [0.05, 0.1) is 41.8 Å². The number of hydrogen-bond donors (Lipinski definition) is 2. The van der Waals surface area contributed by atoms with Crippen molar-refractivity contribution in [2.75, 3.05) is 48.6 Å². The zero-order valence-electron chi connectivity index (χ0n) is 33.5. The van der Waals surface area contributed by atoms with Gasteiger partial charge in [-0.2, -0.15) is 5.26 Å². The van der Waals surface area contributed by atoms with Crippen LogP contribution in [0.5, 0.6) is 23.5 Å². The molecule has 21 nitrogen and oxygen atoms in total. The lowest BCUT2D eigenvalue weighted by Gasteiger charge is -2.10. The first-order valence-electron chi connectivity index (χ1n) is 17.8. The van der Waals surface area contributed by atoms with Gasteiger partial charge in [-0.3, -0.25) is 9.59 Å². The normalized spacial score (nSPS) is 12.5. The standard InChI is InChI=1S/C15H15N5O3.C11H10N2O4.C7H8N2O2.C7H7NO2/c1-22-14-6-10(2-4-17-14)12-7-13(23-19-12)15(21)18-11-3-5-20(8-11)9-16;1-15-10-5-7(3-4-12-10)8-6-9(17-13-8)11(14)16-2;1-11-7-4-6(5-9-10)2-3-8-7;1-10-7-4-6(5-9)2-3-8-7/h2,4,6-7,11H,3,5,8H2,1H3,(H,18,21);3-6H,1-2H3;2-5,10H,1H3;2-5H,1H3/b;;9-5+;/t11-;;;/m1.../s1. The molecule has 6 aromatic heterocycles. The van der Waals surface area contributed by atoms with E-state index in [0.717, 1.165) is 29.4 Å². The molecule has 1 saturated heterocycles. The number of pyridine rings is 4. The Bertz CT molecular complexity index is 2410. The molecule has 0 unspecified atom stereocenters. The fourth-order valence-corrected chi connectivity index (χ4v) is 5.01. The van der Waals surface area contributed by atoms with E-state index in [2.05, 4.69) is 51.7 Å². The van der Waals surface area contributed by atoms with Crippen molar-refractivity contribution in [2.24, 2.45) is 5.16 Å². The van der Waals surface area contributed by atoms with Gasteiger partial charge in [-0.15, -0.1) is 0 Å². The Morgan fingerprint density at radius 3 is 1.75 bits per heavy atom. The quantitative estimate of drug-likeness (QED) is 0.0458. The number of ether oxygens (including phenoxy) is 5. The highest BCUT2D eigenvalue weighted by molar-refractivity contribution is 5.92. The lowest BCUT2D eigenvalue weighted by atomic mass is 10.2. The SMILES string of the molecule is COC(=O)c1cc(-c2ccnc(OC)c2)no1.COc1cc(-c2cc(C(=O)N[C@@H]3CCN(C#N)C3)on2)ccn1.COc1cc(/C=N/O)ccn1.COc1cc(C=O)ccn1. The molecule has 2 N–H and O–H groups in total. The van der Waals surface area contributed by atoms with Crippen molar-refractivity contribution in [3.8, 4) is 52.2 Å². The van der Waals surface area contributed by atoms with Gasteiger partial charge in [0.2, 0.25) is 35.0 Å². The fraction of sp³-hybridized carbons (Fsp3) is 0.225. The predicted molar refractivity (Wildman–Crippen MR) is 213 cm³/mol. The number of carbonyl (C=O) groups is 3. The van der Waals surface area contributed by atoms with Gasteiger partial charge in [-0.1, -0.05) is 15.5 Å². The van der Waals surface area contributed by atoms with Gasteiger partial charge in [0.15, 0.2) is 6.19 Å². The molecule has 0 bridgehead atoms. The van der Waals surface area contributed by atoms with Crippen LogP contribution in [0.4, 0.5) is 0 Å². The molecule has 7 rings (SSSR count). The molecule has 61 heavy (non-hydrogen) atoms. The molecule has 0 aromatic carbocycles. The van der Waals surface area contributed by atoms with Crippen molar-refractivity contribution < 1.29 is 52.3 Å². The van der Waals surface area contributed by atoms with E-state index in [9.17, 15) is 14.4 Å². The smallest absolute Gasteiger partial charge is 0.376 e. The third kappa shape index (κ3) is 13.9. The lowest BCUT2D eigenvalue weighted by molar-refractivity contribution is 0.0554. The molecule has 6 aromatic rings. The number of hydrogen-bond acceptors (Lipinski definition) is 20. The van der Waals surface area contributed by atoms with E-state index in [0.29, 0.717) is 53.6 Å². The molecule has 1 aliphatic heterocycles.